The summed E-state index contributed by atoms with van der Waals surface area (Å²) in [5.74, 6) is 0.121. The van der Waals surface area contributed by atoms with Crippen LogP contribution >= 0.6 is 0 Å². The van der Waals surface area contributed by atoms with Crippen LogP contribution in [0.1, 0.15) is 12.6 Å². The molecule has 82 valence electrons. The standard InChI is InChI=1S/C8H11N3O4/c9-5-1-2-11(8(14)10-5)6-3-4(12)7(13)15-6/h1-2,4,6-7,12-13H,3H2,(H2,9,10,14)/t4?,6-,7+/m0/s1. The van der Waals surface area contributed by atoms with Gasteiger partial charge in [0, 0.05) is 12.6 Å². The summed E-state index contributed by atoms with van der Waals surface area (Å²) in [7, 11) is 0. The molecule has 4 N–H and O–H groups in total. The van der Waals surface area contributed by atoms with Crippen molar-refractivity contribution in [3.63, 3.8) is 0 Å². The number of hydrogen-bond donors (Lipinski definition) is 3. The topological polar surface area (TPSA) is 111 Å². The number of hydrogen-bond acceptors (Lipinski definition) is 6. The number of aliphatic hydroxyl groups excluding tert-OH is 2. The molecule has 1 aromatic heterocycles. The van der Waals surface area contributed by atoms with Crippen LogP contribution in [0.5, 0.6) is 0 Å². The number of nitrogens with two attached hydrogens (primary N) is 1. The molecule has 0 spiro atoms. The van der Waals surface area contributed by atoms with E-state index in [0.29, 0.717) is 0 Å². The summed E-state index contributed by atoms with van der Waals surface area (Å²) in [5, 5.41) is 18.4. The Labute approximate surface area is 84.7 Å². The van der Waals surface area contributed by atoms with Gasteiger partial charge in [0.25, 0.3) is 0 Å². The third-order valence-electron chi connectivity index (χ3n) is 2.23. The summed E-state index contributed by atoms with van der Waals surface area (Å²) < 4.78 is 6.14. The molecule has 1 saturated heterocycles. The molecule has 1 unspecified atom stereocenters. The van der Waals surface area contributed by atoms with Crippen LogP contribution in [-0.4, -0.2) is 32.2 Å². The van der Waals surface area contributed by atoms with Gasteiger partial charge in [-0.1, -0.05) is 0 Å². The normalized spacial score (nSPS) is 30.7. The molecule has 0 aliphatic carbocycles. The molecule has 7 nitrogen and oxygen atoms in total. The van der Waals surface area contributed by atoms with Gasteiger partial charge < -0.3 is 20.7 Å². The summed E-state index contributed by atoms with van der Waals surface area (Å²) in [6, 6.07) is 1.45. The van der Waals surface area contributed by atoms with Gasteiger partial charge >= 0.3 is 5.69 Å². The van der Waals surface area contributed by atoms with E-state index in [1.807, 2.05) is 0 Å². The van der Waals surface area contributed by atoms with Gasteiger partial charge in [0.05, 0.1) is 0 Å². The summed E-state index contributed by atoms with van der Waals surface area (Å²) in [6.45, 7) is 0. The van der Waals surface area contributed by atoms with Gasteiger partial charge in [-0.2, -0.15) is 4.98 Å². The zero-order valence-electron chi connectivity index (χ0n) is 7.78. The Morgan fingerprint density at radius 1 is 1.60 bits per heavy atom. The lowest BCUT2D eigenvalue weighted by atomic mass is 10.2. The molecule has 0 radical (unpaired) electrons. The highest BCUT2D eigenvalue weighted by molar-refractivity contribution is 5.23. The lowest BCUT2D eigenvalue weighted by Crippen LogP contribution is -2.27. The monoisotopic (exact) mass is 213 g/mol. The maximum atomic E-state index is 11.4. The van der Waals surface area contributed by atoms with Crippen LogP contribution in [0.15, 0.2) is 17.1 Å². The molecule has 0 saturated carbocycles. The van der Waals surface area contributed by atoms with Gasteiger partial charge in [-0.15, -0.1) is 0 Å². The molecular formula is C8H11N3O4. The zero-order valence-corrected chi connectivity index (χ0v) is 7.78. The largest absolute Gasteiger partial charge is 0.388 e. The predicted molar refractivity (Wildman–Crippen MR) is 49.7 cm³/mol. The first-order valence-corrected chi connectivity index (χ1v) is 4.44. The summed E-state index contributed by atoms with van der Waals surface area (Å²) >= 11 is 0. The molecule has 0 amide bonds. The van der Waals surface area contributed by atoms with E-state index in [9.17, 15) is 9.90 Å². The summed E-state index contributed by atoms with van der Waals surface area (Å²) in [5.41, 5.74) is 4.75. The SMILES string of the molecule is Nc1ccn([C@@H]2CC(O)[C@H](O)O2)c(=O)n1. The fourth-order valence-corrected chi connectivity index (χ4v) is 1.45. The maximum Gasteiger partial charge on any atom is 0.351 e. The molecule has 15 heavy (non-hydrogen) atoms. The lowest BCUT2D eigenvalue weighted by Gasteiger charge is -2.12. The van der Waals surface area contributed by atoms with E-state index in [4.69, 9.17) is 15.6 Å². The highest BCUT2D eigenvalue weighted by Crippen LogP contribution is 2.25. The predicted octanol–water partition coefficient (Wildman–Crippen LogP) is -1.58. The second-order valence-corrected chi connectivity index (χ2v) is 3.33. The van der Waals surface area contributed by atoms with E-state index in [-0.39, 0.29) is 12.2 Å². The van der Waals surface area contributed by atoms with Crippen LogP contribution in [0.25, 0.3) is 0 Å². The summed E-state index contributed by atoms with van der Waals surface area (Å²) in [4.78, 5) is 14.9. The molecule has 1 fully saturated rings. The third-order valence-corrected chi connectivity index (χ3v) is 2.23. The summed E-state index contributed by atoms with van der Waals surface area (Å²) in [6.07, 6.45) is -1.39. The zero-order chi connectivity index (χ0) is 11.0. The number of anilines is 1. The first kappa shape index (κ1) is 10.1. The first-order chi connectivity index (χ1) is 7.08. The second-order valence-electron chi connectivity index (χ2n) is 3.33. The molecule has 2 rings (SSSR count). The maximum absolute atomic E-state index is 11.4. The molecule has 2 heterocycles. The highest BCUT2D eigenvalue weighted by atomic mass is 16.6. The van der Waals surface area contributed by atoms with E-state index in [0.717, 1.165) is 0 Å². The van der Waals surface area contributed by atoms with E-state index >= 15 is 0 Å². The minimum absolute atomic E-state index is 0.121. The molecule has 1 aliphatic rings. The molecule has 3 atom stereocenters. The molecule has 0 aromatic carbocycles. The average molecular weight is 213 g/mol. The van der Waals surface area contributed by atoms with Crippen LogP contribution in [0.2, 0.25) is 0 Å². The van der Waals surface area contributed by atoms with Gasteiger partial charge in [0.2, 0.25) is 0 Å². The number of ether oxygens (including phenoxy) is 1. The lowest BCUT2D eigenvalue weighted by molar-refractivity contribution is -0.142. The third kappa shape index (κ3) is 1.84. The number of aromatic nitrogens is 2. The Hall–Kier alpha value is -1.44. The van der Waals surface area contributed by atoms with Crippen LogP contribution in [-0.2, 0) is 4.74 Å². The number of aliphatic hydroxyl groups is 2. The molecule has 0 bridgehead atoms. The van der Waals surface area contributed by atoms with Gasteiger partial charge in [-0.25, -0.2) is 4.79 Å². The number of nitrogens with zero attached hydrogens (tertiary/aromatic N) is 2. The minimum Gasteiger partial charge on any atom is -0.388 e. The van der Waals surface area contributed by atoms with Crippen LogP contribution in [0.4, 0.5) is 5.82 Å². The van der Waals surface area contributed by atoms with Gasteiger partial charge in [-0.05, 0) is 6.07 Å². The van der Waals surface area contributed by atoms with Crippen molar-refractivity contribution in [2.24, 2.45) is 0 Å². The highest BCUT2D eigenvalue weighted by Gasteiger charge is 2.33. The Morgan fingerprint density at radius 3 is 2.87 bits per heavy atom. The van der Waals surface area contributed by atoms with Gasteiger partial charge in [0.15, 0.2) is 6.29 Å². The molecule has 7 heteroatoms. The van der Waals surface area contributed by atoms with Crippen LogP contribution in [0, 0.1) is 0 Å². The fourth-order valence-electron chi connectivity index (χ4n) is 1.45. The minimum atomic E-state index is -1.26. The van der Waals surface area contributed by atoms with Crippen LogP contribution < -0.4 is 11.4 Å². The smallest absolute Gasteiger partial charge is 0.351 e. The van der Waals surface area contributed by atoms with Crippen molar-refractivity contribution in [1.82, 2.24) is 9.55 Å². The first-order valence-electron chi connectivity index (χ1n) is 4.44. The fraction of sp³-hybridized carbons (Fsp3) is 0.500. The van der Waals surface area contributed by atoms with Crippen LogP contribution in [0.3, 0.4) is 0 Å². The second kappa shape index (κ2) is 3.61. The average Bonchev–Trinajstić information content (AvgIpc) is 2.46. The molecule has 1 aromatic rings. The van der Waals surface area contributed by atoms with Crippen molar-refractivity contribution in [3.05, 3.63) is 22.7 Å². The van der Waals surface area contributed by atoms with Gasteiger partial charge in [0.1, 0.15) is 18.1 Å². The quantitative estimate of drug-likeness (QED) is 0.519. The Morgan fingerprint density at radius 2 is 2.33 bits per heavy atom. The van der Waals surface area contributed by atoms with Gasteiger partial charge in [-0.3, -0.25) is 4.57 Å². The van der Waals surface area contributed by atoms with Crippen molar-refractivity contribution in [3.8, 4) is 0 Å². The number of rotatable bonds is 1. The Balaban J connectivity index is 2.28. The van der Waals surface area contributed by atoms with E-state index in [1.54, 1.807) is 0 Å². The van der Waals surface area contributed by atoms with E-state index in [2.05, 4.69) is 4.98 Å². The Kier molecular flexibility index (Phi) is 2.43. The molecule has 1 aliphatic heterocycles. The molecular weight excluding hydrogens is 202 g/mol. The van der Waals surface area contributed by atoms with Crippen molar-refractivity contribution in [2.75, 3.05) is 5.73 Å². The van der Waals surface area contributed by atoms with Crippen molar-refractivity contribution in [2.45, 2.75) is 25.0 Å². The number of nitrogen functional groups attached to an aromatic ring is 1. The van der Waals surface area contributed by atoms with Crippen molar-refractivity contribution < 1.29 is 14.9 Å². The van der Waals surface area contributed by atoms with E-state index < -0.39 is 24.3 Å². The van der Waals surface area contributed by atoms with Crippen molar-refractivity contribution in [1.29, 1.82) is 0 Å². The van der Waals surface area contributed by atoms with Crippen molar-refractivity contribution >= 4 is 5.82 Å². The Bertz CT molecular complexity index is 409. The van der Waals surface area contributed by atoms with E-state index in [1.165, 1.54) is 16.8 Å².